The molecule has 0 saturated carbocycles. The summed E-state index contributed by atoms with van der Waals surface area (Å²) in [6.07, 6.45) is 4.42. The molecular formula is C21H22F2N4O3S. The van der Waals surface area contributed by atoms with E-state index < -0.39 is 27.6 Å². The highest BCUT2D eigenvalue weighted by Crippen LogP contribution is 2.29. The molecule has 0 bridgehead atoms. The fraction of sp³-hybridized carbons (Fsp3) is 0.333. The monoisotopic (exact) mass is 448 g/mol. The van der Waals surface area contributed by atoms with E-state index in [0.29, 0.717) is 30.9 Å². The molecule has 3 heterocycles. The molecule has 1 N–H and O–H groups in total. The van der Waals surface area contributed by atoms with Crippen LogP contribution in [0.2, 0.25) is 0 Å². The number of nitrogens with zero attached hydrogens (tertiary/aromatic N) is 3. The molecule has 1 aliphatic heterocycles. The maximum absolute atomic E-state index is 13.9. The fourth-order valence-electron chi connectivity index (χ4n) is 3.90. The van der Waals surface area contributed by atoms with Gasteiger partial charge >= 0.3 is 0 Å². The summed E-state index contributed by atoms with van der Waals surface area (Å²) in [7, 11) is -3.32. The number of hydrogen-bond acceptors (Lipinski definition) is 4. The first-order valence-electron chi connectivity index (χ1n) is 9.88. The minimum atomic E-state index is -3.32. The highest BCUT2D eigenvalue weighted by molar-refractivity contribution is 7.88. The summed E-state index contributed by atoms with van der Waals surface area (Å²) in [4.78, 5) is 17.4. The molecular weight excluding hydrogens is 426 g/mol. The molecule has 10 heteroatoms. The molecule has 2 aromatic heterocycles. The lowest BCUT2D eigenvalue weighted by atomic mass is 9.99. The van der Waals surface area contributed by atoms with Crippen LogP contribution in [-0.2, 0) is 16.6 Å². The van der Waals surface area contributed by atoms with Gasteiger partial charge in [0.1, 0.15) is 17.5 Å². The van der Waals surface area contributed by atoms with Gasteiger partial charge in [-0.2, -0.15) is 0 Å². The number of carbonyl (C=O) groups excluding carboxylic acids is 1. The van der Waals surface area contributed by atoms with Crippen molar-refractivity contribution >= 4 is 21.4 Å². The third-order valence-corrected chi connectivity index (χ3v) is 6.73. The zero-order valence-electron chi connectivity index (χ0n) is 16.9. The van der Waals surface area contributed by atoms with E-state index in [1.165, 1.54) is 16.6 Å². The van der Waals surface area contributed by atoms with Crippen molar-refractivity contribution in [3.63, 3.8) is 0 Å². The number of halogens is 2. The Morgan fingerprint density at radius 2 is 2.06 bits per heavy atom. The van der Waals surface area contributed by atoms with E-state index in [0.717, 1.165) is 18.6 Å². The number of benzene rings is 1. The van der Waals surface area contributed by atoms with E-state index in [4.69, 9.17) is 0 Å². The van der Waals surface area contributed by atoms with E-state index in [-0.39, 0.29) is 23.7 Å². The van der Waals surface area contributed by atoms with Gasteiger partial charge in [0, 0.05) is 43.4 Å². The first kappa shape index (κ1) is 21.4. The number of nitrogens with one attached hydrogen (secondary N) is 1. The highest BCUT2D eigenvalue weighted by Gasteiger charge is 2.30. The number of carbonyl (C=O) groups is 1. The van der Waals surface area contributed by atoms with Crippen molar-refractivity contribution in [3.05, 3.63) is 71.3 Å². The van der Waals surface area contributed by atoms with Crippen LogP contribution in [0.3, 0.4) is 0 Å². The number of fused-ring (bicyclic) bond motifs is 1. The summed E-state index contributed by atoms with van der Waals surface area (Å²) in [5.41, 5.74) is 0.912. The van der Waals surface area contributed by atoms with Crippen LogP contribution in [0.1, 0.15) is 40.6 Å². The molecule has 0 radical (unpaired) electrons. The second-order valence-electron chi connectivity index (χ2n) is 7.65. The van der Waals surface area contributed by atoms with Gasteiger partial charge in [0.2, 0.25) is 10.0 Å². The van der Waals surface area contributed by atoms with Gasteiger partial charge in [0.05, 0.1) is 11.8 Å². The predicted octanol–water partition coefficient (Wildman–Crippen LogP) is 2.68. The van der Waals surface area contributed by atoms with Gasteiger partial charge in [-0.3, -0.25) is 4.79 Å². The summed E-state index contributed by atoms with van der Waals surface area (Å²) in [6.45, 7) is 0.654. The Morgan fingerprint density at radius 3 is 2.81 bits per heavy atom. The Hall–Kier alpha value is -2.85. The number of amides is 1. The van der Waals surface area contributed by atoms with Crippen LogP contribution in [0, 0.1) is 11.6 Å². The third kappa shape index (κ3) is 4.45. The number of sulfonamides is 1. The normalized spacial score (nSPS) is 17.7. The second kappa shape index (κ2) is 8.35. The quantitative estimate of drug-likeness (QED) is 0.651. The molecule has 1 saturated heterocycles. The minimum absolute atomic E-state index is 0.114. The third-order valence-electron chi connectivity index (χ3n) is 5.46. The molecule has 7 nitrogen and oxygen atoms in total. The number of pyridine rings is 1. The van der Waals surface area contributed by atoms with Crippen molar-refractivity contribution in [2.24, 2.45) is 0 Å². The van der Waals surface area contributed by atoms with Gasteiger partial charge in [0.25, 0.3) is 5.91 Å². The lowest BCUT2D eigenvalue weighted by Gasteiger charge is -2.30. The first-order chi connectivity index (χ1) is 14.7. The van der Waals surface area contributed by atoms with Gasteiger partial charge in [-0.15, -0.1) is 0 Å². The Kier molecular flexibility index (Phi) is 5.76. The van der Waals surface area contributed by atoms with Gasteiger partial charge in [-0.1, -0.05) is 12.1 Å². The van der Waals surface area contributed by atoms with Crippen LogP contribution < -0.4 is 5.32 Å². The second-order valence-corrected chi connectivity index (χ2v) is 9.64. The summed E-state index contributed by atoms with van der Waals surface area (Å²) >= 11 is 0. The van der Waals surface area contributed by atoms with Crippen molar-refractivity contribution in [1.29, 1.82) is 0 Å². The zero-order valence-corrected chi connectivity index (χ0v) is 17.7. The standard InChI is InChI=1S/C21H22F2N4O3S/c1-31(29,30)26-9-4-5-15(13-26)20-25-19(18-6-2-3-10-27(18)20)21(28)24-12-14-7-8-16(22)11-17(14)23/h2-3,6-8,10-11,15H,4-5,9,12-13H2,1H3,(H,24,28)/t15-/m1/s1. The van der Waals surface area contributed by atoms with Crippen LogP contribution in [-0.4, -0.2) is 47.4 Å². The molecule has 0 spiro atoms. The summed E-state index contributed by atoms with van der Waals surface area (Å²) in [5.74, 6) is -1.46. The van der Waals surface area contributed by atoms with E-state index in [2.05, 4.69) is 10.3 Å². The molecule has 4 rings (SSSR count). The summed E-state index contributed by atoms with van der Waals surface area (Å²) in [6, 6.07) is 8.52. The minimum Gasteiger partial charge on any atom is -0.346 e. The van der Waals surface area contributed by atoms with Crippen molar-refractivity contribution in [3.8, 4) is 0 Å². The van der Waals surface area contributed by atoms with Crippen LogP contribution in [0.4, 0.5) is 8.78 Å². The summed E-state index contributed by atoms with van der Waals surface area (Å²) in [5, 5.41) is 2.63. The molecule has 1 amide bonds. The number of piperidine rings is 1. The van der Waals surface area contributed by atoms with Crippen molar-refractivity contribution < 1.29 is 22.0 Å². The zero-order chi connectivity index (χ0) is 22.2. The average Bonchev–Trinajstić information content (AvgIpc) is 3.12. The molecule has 1 fully saturated rings. The predicted molar refractivity (Wildman–Crippen MR) is 111 cm³/mol. The Labute approximate surface area is 178 Å². The van der Waals surface area contributed by atoms with Crippen LogP contribution >= 0.6 is 0 Å². The topological polar surface area (TPSA) is 83.8 Å². The Balaban J connectivity index is 1.61. The Bertz CT molecular complexity index is 1240. The van der Waals surface area contributed by atoms with E-state index in [1.54, 1.807) is 22.7 Å². The van der Waals surface area contributed by atoms with Crippen molar-refractivity contribution in [2.75, 3.05) is 19.3 Å². The number of hydrogen-bond donors (Lipinski definition) is 1. The van der Waals surface area contributed by atoms with Crippen molar-refractivity contribution in [2.45, 2.75) is 25.3 Å². The lowest BCUT2D eigenvalue weighted by molar-refractivity contribution is 0.0947. The van der Waals surface area contributed by atoms with Crippen LogP contribution in [0.5, 0.6) is 0 Å². The molecule has 3 aromatic rings. The fourth-order valence-corrected chi connectivity index (χ4v) is 4.81. The van der Waals surface area contributed by atoms with E-state index >= 15 is 0 Å². The summed E-state index contributed by atoms with van der Waals surface area (Å²) < 4.78 is 54.2. The maximum Gasteiger partial charge on any atom is 0.272 e. The molecule has 0 unspecified atom stereocenters. The molecule has 0 aliphatic carbocycles. The number of aromatic nitrogens is 2. The maximum atomic E-state index is 13.9. The molecule has 31 heavy (non-hydrogen) atoms. The van der Waals surface area contributed by atoms with Crippen molar-refractivity contribution in [1.82, 2.24) is 19.0 Å². The van der Waals surface area contributed by atoms with Gasteiger partial charge in [-0.25, -0.2) is 26.5 Å². The first-order valence-corrected chi connectivity index (χ1v) is 11.7. The molecule has 164 valence electrons. The van der Waals surface area contributed by atoms with Gasteiger partial charge in [0.15, 0.2) is 5.69 Å². The highest BCUT2D eigenvalue weighted by atomic mass is 32.2. The smallest absolute Gasteiger partial charge is 0.272 e. The molecule has 1 aliphatic rings. The number of rotatable bonds is 5. The lowest BCUT2D eigenvalue weighted by Crippen LogP contribution is -2.38. The number of imidazole rings is 1. The molecule has 1 aromatic carbocycles. The SMILES string of the molecule is CS(=O)(=O)N1CCC[C@@H](c2nc(C(=O)NCc3ccc(F)cc3F)c3ccccn23)C1. The largest absolute Gasteiger partial charge is 0.346 e. The van der Waals surface area contributed by atoms with Crippen LogP contribution in [0.25, 0.3) is 5.52 Å². The van der Waals surface area contributed by atoms with Gasteiger partial charge in [-0.05, 0) is 31.0 Å². The van der Waals surface area contributed by atoms with Gasteiger partial charge < -0.3 is 9.72 Å². The molecule has 1 atom stereocenters. The Morgan fingerprint density at radius 1 is 1.26 bits per heavy atom. The van der Waals surface area contributed by atoms with E-state index in [1.807, 2.05) is 6.07 Å². The van der Waals surface area contributed by atoms with E-state index in [9.17, 15) is 22.0 Å². The van der Waals surface area contributed by atoms with Crippen LogP contribution in [0.15, 0.2) is 42.6 Å². The average molecular weight is 448 g/mol.